The molecule has 4 saturated carbocycles. The number of esters is 3. The van der Waals surface area contributed by atoms with Gasteiger partial charge in [0, 0.05) is 0 Å². The predicted molar refractivity (Wildman–Crippen MR) is 117 cm³/mol. The minimum Gasteiger partial charge on any atom is -0.462 e. The molecule has 0 aromatic heterocycles. The molecule has 0 amide bonds. The highest BCUT2D eigenvalue weighted by molar-refractivity contribution is 5.85. The first-order valence-corrected chi connectivity index (χ1v) is 12.4. The van der Waals surface area contributed by atoms with Crippen LogP contribution in [0.25, 0.3) is 0 Å². The third-order valence-corrected chi connectivity index (χ3v) is 8.53. The Morgan fingerprint density at radius 2 is 1.05 bits per heavy atom. The highest BCUT2D eigenvalue weighted by atomic mass is 19.3. The van der Waals surface area contributed by atoms with Gasteiger partial charge in [0.2, 0.25) is 0 Å². The Balaban J connectivity index is 1.60. The molecular formula is C25H34F6O6. The summed E-state index contributed by atoms with van der Waals surface area (Å²) in [7, 11) is 0. The highest BCUT2D eigenvalue weighted by Crippen LogP contribution is 2.58. The summed E-state index contributed by atoms with van der Waals surface area (Å²) in [5, 5.41) is 0. The van der Waals surface area contributed by atoms with Gasteiger partial charge >= 0.3 is 35.7 Å². The number of alkyl halides is 6. The molecule has 0 aromatic carbocycles. The Morgan fingerprint density at radius 1 is 0.676 bits per heavy atom. The number of rotatable bonds is 9. The molecule has 4 aliphatic carbocycles. The highest BCUT2D eigenvalue weighted by Gasteiger charge is 2.80. The maximum absolute atomic E-state index is 14.5. The third-order valence-electron chi connectivity index (χ3n) is 8.53. The van der Waals surface area contributed by atoms with Crippen molar-refractivity contribution < 1.29 is 54.9 Å². The maximum Gasteiger partial charge on any atom is 0.411 e. The largest absolute Gasteiger partial charge is 0.462 e. The second kappa shape index (κ2) is 9.32. The van der Waals surface area contributed by atoms with E-state index in [2.05, 4.69) is 4.74 Å². The number of hydrogen-bond donors (Lipinski definition) is 0. The van der Waals surface area contributed by atoms with Crippen LogP contribution in [-0.4, -0.2) is 54.5 Å². The molecule has 0 N–H and O–H groups in total. The Morgan fingerprint density at radius 3 is 1.46 bits per heavy atom. The van der Waals surface area contributed by atoms with Gasteiger partial charge in [-0.05, 0) is 75.5 Å². The van der Waals surface area contributed by atoms with Crippen LogP contribution in [-0.2, 0) is 28.6 Å². The van der Waals surface area contributed by atoms with Crippen LogP contribution in [0, 0.1) is 28.6 Å². The smallest absolute Gasteiger partial charge is 0.411 e. The number of hydrogen-bond acceptors (Lipinski definition) is 6. The van der Waals surface area contributed by atoms with Crippen LogP contribution in [0.1, 0.15) is 73.1 Å². The van der Waals surface area contributed by atoms with Crippen molar-refractivity contribution in [1.82, 2.24) is 0 Å². The van der Waals surface area contributed by atoms with Crippen LogP contribution in [0.4, 0.5) is 26.3 Å². The molecule has 0 saturated heterocycles. The lowest BCUT2D eigenvalue weighted by atomic mass is 9.54. The first kappa shape index (κ1) is 29.5. The van der Waals surface area contributed by atoms with E-state index in [1.807, 2.05) is 0 Å². The van der Waals surface area contributed by atoms with Crippen molar-refractivity contribution in [3.8, 4) is 0 Å². The summed E-state index contributed by atoms with van der Waals surface area (Å²) >= 11 is 0. The van der Waals surface area contributed by atoms with Gasteiger partial charge in [-0.3, -0.25) is 4.79 Å². The average Bonchev–Trinajstić information content (AvgIpc) is 2.73. The second-order valence-electron chi connectivity index (χ2n) is 12.4. The van der Waals surface area contributed by atoms with E-state index in [-0.39, 0.29) is 37.0 Å². The summed E-state index contributed by atoms with van der Waals surface area (Å²) in [4.78, 5) is 36.1. The Bertz CT molecular complexity index is 888. The predicted octanol–water partition coefficient (Wildman–Crippen LogP) is 5.56. The van der Waals surface area contributed by atoms with Crippen LogP contribution < -0.4 is 0 Å². The SMILES string of the molecule is CC(C)(C)C(C)(C)C(=O)OCCOC(=O)C(F)(F)C(F)(F)C(F)(F)C(=O)OC12CC3CC(CC(C3)C1)C2. The van der Waals surface area contributed by atoms with Crippen LogP contribution in [0.3, 0.4) is 0 Å². The molecule has 4 aliphatic rings. The van der Waals surface area contributed by atoms with Crippen molar-refractivity contribution in [2.75, 3.05) is 13.2 Å². The van der Waals surface area contributed by atoms with Gasteiger partial charge in [-0.15, -0.1) is 0 Å². The van der Waals surface area contributed by atoms with E-state index >= 15 is 0 Å². The van der Waals surface area contributed by atoms with Crippen molar-refractivity contribution in [2.24, 2.45) is 28.6 Å². The summed E-state index contributed by atoms with van der Waals surface area (Å²) in [6, 6.07) is 0. The minimum atomic E-state index is -6.43. The molecule has 0 heterocycles. The normalized spacial score (nSPS) is 28.1. The summed E-state index contributed by atoms with van der Waals surface area (Å²) in [5.74, 6) is -24.7. The summed E-state index contributed by atoms with van der Waals surface area (Å²) < 4.78 is 100.0. The van der Waals surface area contributed by atoms with Gasteiger partial charge in [0.05, 0.1) is 5.41 Å². The van der Waals surface area contributed by atoms with E-state index in [0.717, 1.165) is 19.3 Å². The van der Waals surface area contributed by atoms with Crippen LogP contribution in [0.5, 0.6) is 0 Å². The lowest BCUT2D eigenvalue weighted by molar-refractivity contribution is -0.307. The zero-order valence-corrected chi connectivity index (χ0v) is 21.6. The minimum absolute atomic E-state index is 0.104. The third kappa shape index (κ3) is 5.17. The van der Waals surface area contributed by atoms with Gasteiger partial charge in [0.1, 0.15) is 18.8 Å². The summed E-state index contributed by atoms with van der Waals surface area (Å²) in [6.07, 6.45) is 3.14. The van der Waals surface area contributed by atoms with Gasteiger partial charge in [-0.2, -0.15) is 26.3 Å². The molecule has 4 rings (SSSR count). The molecule has 4 fully saturated rings. The second-order valence-corrected chi connectivity index (χ2v) is 12.4. The zero-order chi connectivity index (χ0) is 28.2. The average molecular weight is 545 g/mol. The fourth-order valence-electron chi connectivity index (χ4n) is 5.72. The summed E-state index contributed by atoms with van der Waals surface area (Å²) in [6.45, 7) is 6.49. The molecular weight excluding hydrogens is 510 g/mol. The first-order chi connectivity index (χ1) is 16.7. The van der Waals surface area contributed by atoms with Gasteiger partial charge in [-0.1, -0.05) is 20.8 Å². The van der Waals surface area contributed by atoms with Crippen molar-refractivity contribution in [3.63, 3.8) is 0 Å². The van der Waals surface area contributed by atoms with E-state index in [0.29, 0.717) is 0 Å². The van der Waals surface area contributed by atoms with Gasteiger partial charge < -0.3 is 14.2 Å². The van der Waals surface area contributed by atoms with E-state index in [1.165, 1.54) is 0 Å². The molecule has 0 unspecified atom stereocenters. The maximum atomic E-state index is 14.5. The molecule has 4 bridgehead atoms. The molecule has 0 radical (unpaired) electrons. The molecule has 0 atom stereocenters. The quantitative estimate of drug-likeness (QED) is 0.164. The molecule has 12 heteroatoms. The van der Waals surface area contributed by atoms with E-state index in [1.54, 1.807) is 34.6 Å². The van der Waals surface area contributed by atoms with Crippen LogP contribution in [0.2, 0.25) is 0 Å². The van der Waals surface area contributed by atoms with Crippen molar-refractivity contribution in [3.05, 3.63) is 0 Å². The Labute approximate surface area is 211 Å². The van der Waals surface area contributed by atoms with Gasteiger partial charge in [0.25, 0.3) is 0 Å². The number of carbonyl (C=O) groups excluding carboxylic acids is 3. The monoisotopic (exact) mass is 544 g/mol. The van der Waals surface area contributed by atoms with Crippen LogP contribution in [0.15, 0.2) is 0 Å². The molecule has 6 nitrogen and oxygen atoms in total. The summed E-state index contributed by atoms with van der Waals surface area (Å²) in [5.41, 5.74) is -2.98. The lowest BCUT2D eigenvalue weighted by Crippen LogP contribution is -2.63. The van der Waals surface area contributed by atoms with Crippen LogP contribution >= 0.6 is 0 Å². The zero-order valence-electron chi connectivity index (χ0n) is 21.6. The Kier molecular flexibility index (Phi) is 7.44. The van der Waals surface area contributed by atoms with E-state index in [9.17, 15) is 40.7 Å². The molecule has 0 spiro atoms. The molecule has 37 heavy (non-hydrogen) atoms. The number of carbonyl (C=O) groups is 3. The molecule has 0 aromatic rings. The van der Waals surface area contributed by atoms with E-state index in [4.69, 9.17) is 9.47 Å². The Hall–Kier alpha value is -2.01. The van der Waals surface area contributed by atoms with Crippen molar-refractivity contribution in [1.29, 1.82) is 0 Å². The standard InChI is InChI=1S/C25H34F6O6/c1-20(2,3)21(4,5)17(32)35-6-7-36-18(33)23(26,27)25(30,31)24(28,29)19(34)37-22-11-14-8-15(12-22)10-16(9-14)13-22/h14-16H,6-13H2,1-5H3. The number of ether oxygens (including phenoxy) is 3. The fourth-order valence-corrected chi connectivity index (χ4v) is 5.72. The first-order valence-electron chi connectivity index (χ1n) is 12.4. The fraction of sp³-hybridized carbons (Fsp3) is 0.880. The van der Waals surface area contributed by atoms with Gasteiger partial charge in [0.15, 0.2) is 0 Å². The van der Waals surface area contributed by atoms with E-state index < -0.39 is 65.3 Å². The topological polar surface area (TPSA) is 78.9 Å². The molecule has 212 valence electrons. The lowest BCUT2D eigenvalue weighted by Gasteiger charge is -2.55. The van der Waals surface area contributed by atoms with Crippen molar-refractivity contribution >= 4 is 17.9 Å². The molecule has 0 aliphatic heterocycles. The number of halogens is 6. The van der Waals surface area contributed by atoms with Gasteiger partial charge in [-0.25, -0.2) is 9.59 Å². The van der Waals surface area contributed by atoms with Crippen molar-refractivity contribution in [2.45, 2.75) is 96.5 Å².